The first-order chi connectivity index (χ1) is 15.2. The van der Waals surface area contributed by atoms with Crippen LogP contribution >= 0.6 is 0 Å². The quantitative estimate of drug-likeness (QED) is 0.487. The lowest BCUT2D eigenvalue weighted by molar-refractivity contribution is 0.313. The predicted molar refractivity (Wildman–Crippen MR) is 129 cm³/mol. The zero-order chi connectivity index (χ0) is 21.2. The Morgan fingerprint density at radius 3 is 2.48 bits per heavy atom. The molecule has 0 aliphatic carbocycles. The molecule has 0 spiro atoms. The maximum absolute atomic E-state index is 5.86. The van der Waals surface area contributed by atoms with Gasteiger partial charge in [0, 0.05) is 60.4 Å². The normalized spacial score (nSPS) is 14.7. The highest BCUT2D eigenvalue weighted by Gasteiger charge is 2.14. The number of anilines is 4. The standard InChI is InChI=1S/C25H26N6/c1-30-12-14-31(15-13-30)22-6-3-5-21(16-22)28-25-27-17-19-4-2-7-23(24(19)29-25)18-8-10-20(26)11-9-18/h2-11,16-17H,12-15,26H2,1H3,(H,27,28,29). The fourth-order valence-corrected chi connectivity index (χ4v) is 3.99. The van der Waals surface area contributed by atoms with Gasteiger partial charge >= 0.3 is 0 Å². The van der Waals surface area contributed by atoms with Crippen LogP contribution in [0.4, 0.5) is 23.0 Å². The van der Waals surface area contributed by atoms with Crippen LogP contribution in [-0.2, 0) is 0 Å². The Morgan fingerprint density at radius 2 is 1.68 bits per heavy atom. The third-order valence-corrected chi connectivity index (χ3v) is 5.80. The Balaban J connectivity index is 1.44. The molecule has 31 heavy (non-hydrogen) atoms. The average Bonchev–Trinajstić information content (AvgIpc) is 2.80. The van der Waals surface area contributed by atoms with Crippen LogP contribution in [0.1, 0.15) is 0 Å². The first-order valence-corrected chi connectivity index (χ1v) is 10.6. The predicted octanol–water partition coefficient (Wildman–Crippen LogP) is 4.37. The molecule has 0 radical (unpaired) electrons. The van der Waals surface area contributed by atoms with Crippen molar-refractivity contribution in [3.05, 3.63) is 72.9 Å². The number of nitrogen functional groups attached to an aromatic ring is 1. The highest BCUT2D eigenvalue weighted by Crippen LogP contribution is 2.29. The van der Waals surface area contributed by atoms with Crippen molar-refractivity contribution >= 4 is 33.9 Å². The molecule has 4 aromatic rings. The van der Waals surface area contributed by atoms with Gasteiger partial charge in [0.15, 0.2) is 0 Å². The van der Waals surface area contributed by atoms with E-state index in [4.69, 9.17) is 10.7 Å². The highest BCUT2D eigenvalue weighted by atomic mass is 15.2. The van der Waals surface area contributed by atoms with E-state index in [9.17, 15) is 0 Å². The number of hydrogen-bond donors (Lipinski definition) is 2. The lowest BCUT2D eigenvalue weighted by atomic mass is 10.0. The van der Waals surface area contributed by atoms with Crippen LogP contribution in [0.15, 0.2) is 72.9 Å². The molecule has 1 aliphatic rings. The second kappa shape index (κ2) is 8.24. The largest absolute Gasteiger partial charge is 0.399 e. The molecule has 0 atom stereocenters. The van der Waals surface area contributed by atoms with Crippen LogP contribution in [0.5, 0.6) is 0 Å². The second-order valence-electron chi connectivity index (χ2n) is 8.02. The molecule has 0 saturated carbocycles. The summed E-state index contributed by atoms with van der Waals surface area (Å²) in [5.74, 6) is 0.589. The van der Waals surface area contributed by atoms with E-state index >= 15 is 0 Å². The molecular formula is C25H26N6. The lowest BCUT2D eigenvalue weighted by Crippen LogP contribution is -2.44. The Bertz CT molecular complexity index is 1200. The van der Waals surface area contributed by atoms with Crippen LogP contribution in [0.2, 0.25) is 0 Å². The Hall–Kier alpha value is -3.64. The van der Waals surface area contributed by atoms with Gasteiger partial charge in [0.05, 0.1) is 5.52 Å². The van der Waals surface area contributed by atoms with Gasteiger partial charge < -0.3 is 20.9 Å². The summed E-state index contributed by atoms with van der Waals surface area (Å²) < 4.78 is 0. The average molecular weight is 411 g/mol. The van der Waals surface area contributed by atoms with Crippen molar-refractivity contribution in [1.29, 1.82) is 0 Å². The summed E-state index contributed by atoms with van der Waals surface area (Å²) in [6.45, 7) is 4.24. The lowest BCUT2D eigenvalue weighted by Gasteiger charge is -2.34. The van der Waals surface area contributed by atoms with Gasteiger partial charge in [0.25, 0.3) is 0 Å². The van der Waals surface area contributed by atoms with Gasteiger partial charge in [-0.05, 0) is 42.9 Å². The van der Waals surface area contributed by atoms with Gasteiger partial charge in [-0.25, -0.2) is 9.97 Å². The molecule has 1 fully saturated rings. The van der Waals surface area contributed by atoms with Crippen molar-refractivity contribution in [2.45, 2.75) is 0 Å². The molecule has 3 aromatic carbocycles. The number of rotatable bonds is 4. The molecular weight excluding hydrogens is 384 g/mol. The van der Waals surface area contributed by atoms with E-state index < -0.39 is 0 Å². The topological polar surface area (TPSA) is 70.3 Å². The minimum Gasteiger partial charge on any atom is -0.399 e. The number of nitrogens with one attached hydrogen (secondary N) is 1. The van der Waals surface area contributed by atoms with E-state index in [1.54, 1.807) is 0 Å². The van der Waals surface area contributed by atoms with Crippen LogP contribution in [0.3, 0.4) is 0 Å². The highest BCUT2D eigenvalue weighted by molar-refractivity contribution is 5.94. The number of benzene rings is 3. The third-order valence-electron chi connectivity index (χ3n) is 5.80. The number of piperazine rings is 1. The second-order valence-corrected chi connectivity index (χ2v) is 8.02. The Kier molecular flexibility index (Phi) is 5.14. The summed E-state index contributed by atoms with van der Waals surface area (Å²) in [4.78, 5) is 14.2. The van der Waals surface area contributed by atoms with Crippen LogP contribution in [0.25, 0.3) is 22.0 Å². The molecule has 0 unspecified atom stereocenters. The monoisotopic (exact) mass is 410 g/mol. The van der Waals surface area contributed by atoms with Gasteiger partial charge in [-0.15, -0.1) is 0 Å². The van der Waals surface area contributed by atoms with E-state index in [1.165, 1.54) is 5.69 Å². The minimum absolute atomic E-state index is 0.589. The maximum atomic E-state index is 5.86. The number of likely N-dealkylation sites (N-methyl/N-ethyl adjacent to an activating group) is 1. The number of aromatic nitrogens is 2. The van der Waals surface area contributed by atoms with Crippen molar-refractivity contribution < 1.29 is 0 Å². The van der Waals surface area contributed by atoms with Crippen LogP contribution in [0, 0.1) is 0 Å². The summed E-state index contributed by atoms with van der Waals surface area (Å²) in [6.07, 6.45) is 1.87. The SMILES string of the molecule is CN1CCN(c2cccc(Nc3ncc4cccc(-c5ccc(N)cc5)c4n3)c2)CC1. The zero-order valence-corrected chi connectivity index (χ0v) is 17.6. The molecule has 156 valence electrons. The van der Waals surface area contributed by atoms with E-state index in [0.29, 0.717) is 5.95 Å². The van der Waals surface area contributed by atoms with Gasteiger partial charge in [0.2, 0.25) is 5.95 Å². The van der Waals surface area contributed by atoms with Crippen molar-refractivity contribution in [2.24, 2.45) is 0 Å². The number of nitrogens with two attached hydrogens (primary N) is 1. The fourth-order valence-electron chi connectivity index (χ4n) is 3.99. The summed E-state index contributed by atoms with van der Waals surface area (Å²) >= 11 is 0. The third kappa shape index (κ3) is 4.15. The molecule has 5 rings (SSSR count). The molecule has 0 bridgehead atoms. The summed E-state index contributed by atoms with van der Waals surface area (Å²) in [5.41, 5.74) is 11.9. The smallest absolute Gasteiger partial charge is 0.227 e. The summed E-state index contributed by atoms with van der Waals surface area (Å²) in [5, 5.41) is 4.40. The maximum Gasteiger partial charge on any atom is 0.227 e. The number of para-hydroxylation sites is 1. The molecule has 0 amide bonds. The number of hydrogen-bond acceptors (Lipinski definition) is 6. The van der Waals surface area contributed by atoms with Gasteiger partial charge in [-0.3, -0.25) is 0 Å². The molecule has 2 heterocycles. The van der Waals surface area contributed by atoms with Gasteiger partial charge in [-0.1, -0.05) is 36.4 Å². The van der Waals surface area contributed by atoms with Crippen LogP contribution < -0.4 is 16.0 Å². The zero-order valence-electron chi connectivity index (χ0n) is 17.6. The molecule has 6 heteroatoms. The molecule has 3 N–H and O–H groups in total. The Labute approximate surface area is 182 Å². The Morgan fingerprint density at radius 1 is 0.903 bits per heavy atom. The van der Waals surface area contributed by atoms with Crippen LogP contribution in [-0.4, -0.2) is 48.1 Å². The first-order valence-electron chi connectivity index (χ1n) is 10.6. The summed E-state index contributed by atoms with van der Waals surface area (Å²) in [7, 11) is 2.17. The molecule has 1 aliphatic heterocycles. The van der Waals surface area contributed by atoms with Crippen molar-refractivity contribution in [1.82, 2.24) is 14.9 Å². The van der Waals surface area contributed by atoms with Gasteiger partial charge in [0.1, 0.15) is 0 Å². The molecule has 1 saturated heterocycles. The van der Waals surface area contributed by atoms with Gasteiger partial charge in [-0.2, -0.15) is 0 Å². The fraction of sp³-hybridized carbons (Fsp3) is 0.200. The number of fused-ring (bicyclic) bond motifs is 1. The van der Waals surface area contributed by atoms with E-state index in [0.717, 1.165) is 59.6 Å². The number of nitrogens with zero attached hydrogens (tertiary/aromatic N) is 4. The summed E-state index contributed by atoms with van der Waals surface area (Å²) in [6, 6.07) is 22.5. The molecule has 6 nitrogen and oxygen atoms in total. The van der Waals surface area contributed by atoms with E-state index in [-0.39, 0.29) is 0 Å². The van der Waals surface area contributed by atoms with E-state index in [2.05, 4.69) is 57.5 Å². The first kappa shape index (κ1) is 19.3. The molecule has 1 aromatic heterocycles. The van der Waals surface area contributed by atoms with Crippen molar-refractivity contribution in [2.75, 3.05) is 49.2 Å². The minimum atomic E-state index is 0.589. The van der Waals surface area contributed by atoms with E-state index in [1.807, 2.05) is 42.6 Å². The van der Waals surface area contributed by atoms with Crippen molar-refractivity contribution in [3.63, 3.8) is 0 Å². The van der Waals surface area contributed by atoms with Crippen molar-refractivity contribution in [3.8, 4) is 11.1 Å².